The topological polar surface area (TPSA) is 57.6 Å². The van der Waals surface area contributed by atoms with Gasteiger partial charge < -0.3 is 10.0 Å². The van der Waals surface area contributed by atoms with Gasteiger partial charge in [0.05, 0.1) is 11.6 Å². The second-order valence-corrected chi connectivity index (χ2v) is 8.69. The van der Waals surface area contributed by atoms with Gasteiger partial charge in [-0.05, 0) is 47.4 Å². The van der Waals surface area contributed by atoms with Crippen LogP contribution in [0.5, 0.6) is 0 Å². The Morgan fingerprint density at radius 1 is 0.903 bits per heavy atom. The molecule has 1 heterocycles. The molecule has 2 fully saturated rings. The van der Waals surface area contributed by atoms with Gasteiger partial charge in [0.1, 0.15) is 5.76 Å². The maximum absolute atomic E-state index is 13.2. The van der Waals surface area contributed by atoms with Crippen molar-refractivity contribution in [2.45, 2.75) is 37.8 Å². The van der Waals surface area contributed by atoms with Gasteiger partial charge in [-0.15, -0.1) is 0 Å². The minimum Gasteiger partial charge on any atom is -0.507 e. The highest BCUT2D eigenvalue weighted by atomic mass is 35.5. The van der Waals surface area contributed by atoms with Gasteiger partial charge in [-0.25, -0.2) is 0 Å². The van der Waals surface area contributed by atoms with Crippen LogP contribution in [0, 0.1) is 0 Å². The predicted octanol–water partition coefficient (Wildman–Crippen LogP) is 5.86. The second-order valence-electron chi connectivity index (χ2n) is 8.26. The first kappa shape index (κ1) is 19.8. The lowest BCUT2D eigenvalue weighted by molar-refractivity contribution is -0.141. The molecule has 0 aromatic heterocycles. The number of carbonyl (C=O) groups excluding carboxylic acids is 2. The van der Waals surface area contributed by atoms with Crippen molar-refractivity contribution in [2.24, 2.45) is 0 Å². The molecule has 3 aromatic carbocycles. The summed E-state index contributed by atoms with van der Waals surface area (Å²) in [4.78, 5) is 28.0. The number of ketones is 1. The number of likely N-dealkylation sites (tertiary alicyclic amines) is 1. The quantitative estimate of drug-likeness (QED) is 0.321. The number of nitrogens with zero attached hydrogens (tertiary/aromatic N) is 1. The highest BCUT2D eigenvalue weighted by Gasteiger charge is 2.49. The smallest absolute Gasteiger partial charge is 0.295 e. The summed E-state index contributed by atoms with van der Waals surface area (Å²) in [5.74, 6) is -1.30. The molecular weight excluding hydrogens is 410 g/mol. The van der Waals surface area contributed by atoms with E-state index in [1.807, 2.05) is 48.5 Å². The van der Waals surface area contributed by atoms with Gasteiger partial charge in [-0.3, -0.25) is 9.59 Å². The first-order valence-electron chi connectivity index (χ1n) is 10.6. The van der Waals surface area contributed by atoms with Crippen LogP contribution in [0.15, 0.2) is 72.3 Å². The van der Waals surface area contributed by atoms with E-state index in [0.717, 1.165) is 42.0 Å². The van der Waals surface area contributed by atoms with Gasteiger partial charge >= 0.3 is 0 Å². The molecule has 5 heteroatoms. The van der Waals surface area contributed by atoms with Crippen molar-refractivity contribution in [3.8, 4) is 0 Å². The molecule has 31 heavy (non-hydrogen) atoms. The van der Waals surface area contributed by atoms with Crippen LogP contribution in [0.2, 0.25) is 5.02 Å². The van der Waals surface area contributed by atoms with Crippen molar-refractivity contribution in [1.29, 1.82) is 0 Å². The molecule has 1 saturated carbocycles. The third-order valence-electron chi connectivity index (χ3n) is 6.41. The Hall–Kier alpha value is -3.11. The molecule has 4 nitrogen and oxygen atoms in total. The molecule has 1 unspecified atom stereocenters. The van der Waals surface area contributed by atoms with Crippen molar-refractivity contribution in [3.63, 3.8) is 0 Å². The molecule has 156 valence electrons. The Balaban J connectivity index is 1.68. The minimum atomic E-state index is -0.627. The van der Waals surface area contributed by atoms with Crippen LogP contribution in [-0.2, 0) is 9.59 Å². The van der Waals surface area contributed by atoms with Gasteiger partial charge in [-0.1, -0.05) is 73.0 Å². The number of aliphatic hydroxyl groups is 1. The minimum absolute atomic E-state index is 0.000897. The molecule has 0 spiro atoms. The van der Waals surface area contributed by atoms with E-state index in [2.05, 4.69) is 0 Å². The Morgan fingerprint density at radius 3 is 2.29 bits per heavy atom. The monoisotopic (exact) mass is 431 g/mol. The largest absolute Gasteiger partial charge is 0.507 e. The SMILES string of the molecule is O=C1C(=O)N(C2CCCC2)C(c2ccc(Cl)cc2)/C1=C(/O)c1ccc2ccccc2c1. The van der Waals surface area contributed by atoms with Crippen LogP contribution in [0.3, 0.4) is 0 Å². The fraction of sp³-hybridized carbons (Fsp3) is 0.231. The first-order valence-corrected chi connectivity index (χ1v) is 11.0. The van der Waals surface area contributed by atoms with Crippen molar-refractivity contribution in [1.82, 2.24) is 4.90 Å². The molecule has 0 bridgehead atoms. The number of carbonyl (C=O) groups is 2. The Labute approximate surface area is 185 Å². The predicted molar refractivity (Wildman–Crippen MR) is 122 cm³/mol. The van der Waals surface area contributed by atoms with Gasteiger partial charge in [0.2, 0.25) is 0 Å². The molecule has 3 aromatic rings. The van der Waals surface area contributed by atoms with Crippen molar-refractivity contribution >= 4 is 39.8 Å². The van der Waals surface area contributed by atoms with Crippen LogP contribution in [0.1, 0.15) is 42.9 Å². The van der Waals surface area contributed by atoms with Crippen molar-refractivity contribution in [3.05, 3.63) is 88.5 Å². The highest BCUT2D eigenvalue weighted by Crippen LogP contribution is 2.43. The fourth-order valence-electron chi connectivity index (χ4n) is 4.87. The first-order chi connectivity index (χ1) is 15.0. The third-order valence-corrected chi connectivity index (χ3v) is 6.66. The van der Waals surface area contributed by atoms with Crippen LogP contribution >= 0.6 is 11.6 Å². The lowest BCUT2D eigenvalue weighted by Gasteiger charge is -2.30. The highest BCUT2D eigenvalue weighted by molar-refractivity contribution is 6.46. The Kier molecular flexibility index (Phi) is 5.03. The summed E-state index contributed by atoms with van der Waals surface area (Å²) in [7, 11) is 0. The average Bonchev–Trinajstić information content (AvgIpc) is 3.40. The maximum atomic E-state index is 13.2. The van der Waals surface area contributed by atoms with E-state index in [-0.39, 0.29) is 17.4 Å². The van der Waals surface area contributed by atoms with Gasteiger partial charge in [0.25, 0.3) is 11.7 Å². The number of halogens is 1. The van der Waals surface area contributed by atoms with Gasteiger partial charge in [-0.2, -0.15) is 0 Å². The zero-order valence-corrected chi connectivity index (χ0v) is 17.7. The number of fused-ring (bicyclic) bond motifs is 1. The summed E-state index contributed by atoms with van der Waals surface area (Å²) in [5.41, 5.74) is 1.45. The zero-order valence-electron chi connectivity index (χ0n) is 16.9. The van der Waals surface area contributed by atoms with E-state index >= 15 is 0 Å². The molecule has 5 rings (SSSR count). The summed E-state index contributed by atoms with van der Waals surface area (Å²) >= 11 is 6.08. The fourth-order valence-corrected chi connectivity index (χ4v) is 5.00. The number of amides is 1. The number of aliphatic hydroxyl groups excluding tert-OH is 1. The van der Waals surface area contributed by atoms with Crippen molar-refractivity contribution < 1.29 is 14.7 Å². The third kappa shape index (κ3) is 3.41. The van der Waals surface area contributed by atoms with E-state index in [9.17, 15) is 14.7 Å². The Morgan fingerprint density at radius 2 is 1.58 bits per heavy atom. The molecule has 0 radical (unpaired) electrons. The number of rotatable bonds is 3. The van der Waals surface area contributed by atoms with Crippen LogP contribution < -0.4 is 0 Å². The second kappa shape index (κ2) is 7.86. The standard InChI is InChI=1S/C26H22ClNO3/c27-20-13-11-17(12-14-20)23-22(25(30)26(31)28(23)21-7-3-4-8-21)24(29)19-10-9-16-5-1-2-6-18(16)15-19/h1-2,5-6,9-15,21,23,29H,3-4,7-8H2/b24-22-. The Bertz CT molecular complexity index is 1210. The van der Waals surface area contributed by atoms with E-state index in [1.54, 1.807) is 23.1 Å². The molecular formula is C26H22ClNO3. The van der Waals surface area contributed by atoms with Gasteiger partial charge in [0, 0.05) is 16.6 Å². The number of hydrogen-bond acceptors (Lipinski definition) is 3. The van der Waals surface area contributed by atoms with Crippen LogP contribution in [0.25, 0.3) is 16.5 Å². The molecule has 2 aliphatic rings. The van der Waals surface area contributed by atoms with Crippen molar-refractivity contribution in [2.75, 3.05) is 0 Å². The summed E-state index contributed by atoms with van der Waals surface area (Å²) in [6.07, 6.45) is 3.80. The number of Topliss-reactive ketones (excluding diaryl/α,β-unsaturated/α-hetero) is 1. The number of benzene rings is 3. The average molecular weight is 432 g/mol. The van der Waals surface area contributed by atoms with E-state index in [1.165, 1.54) is 0 Å². The summed E-state index contributed by atoms with van der Waals surface area (Å²) in [6, 6.07) is 19.9. The maximum Gasteiger partial charge on any atom is 0.295 e. The normalized spacial score (nSPS) is 21.3. The van der Waals surface area contributed by atoms with E-state index < -0.39 is 17.7 Å². The van der Waals surface area contributed by atoms with Gasteiger partial charge in [0.15, 0.2) is 0 Å². The molecule has 1 aliphatic carbocycles. The number of hydrogen-bond donors (Lipinski definition) is 1. The lowest BCUT2D eigenvalue weighted by atomic mass is 9.94. The summed E-state index contributed by atoms with van der Waals surface area (Å²) in [6.45, 7) is 0. The lowest BCUT2D eigenvalue weighted by Crippen LogP contribution is -2.37. The zero-order chi connectivity index (χ0) is 21.5. The van der Waals surface area contributed by atoms with Crippen LogP contribution in [-0.4, -0.2) is 27.7 Å². The molecule has 1 atom stereocenters. The molecule has 1 saturated heterocycles. The molecule has 1 amide bonds. The molecule has 1 aliphatic heterocycles. The summed E-state index contributed by atoms with van der Waals surface area (Å²) < 4.78 is 0. The van der Waals surface area contributed by atoms with Crippen LogP contribution in [0.4, 0.5) is 0 Å². The van der Waals surface area contributed by atoms with E-state index in [4.69, 9.17) is 11.6 Å². The van der Waals surface area contributed by atoms with E-state index in [0.29, 0.717) is 10.6 Å². The molecule has 1 N–H and O–H groups in total. The summed E-state index contributed by atoms with van der Waals surface area (Å²) in [5, 5.41) is 13.8.